The minimum atomic E-state index is -0.721. The fourth-order valence-corrected chi connectivity index (χ4v) is 6.97. The van der Waals surface area contributed by atoms with E-state index < -0.39 is 12.1 Å². The van der Waals surface area contributed by atoms with Gasteiger partial charge in [0.05, 0.1) is 11.1 Å². The SMILES string of the molecule is CCC(=O)C(CC1CCCC1=O)NC(=O)C1C2C(CN1C(=O)c1cc3c(Cl)cc(Cl)cc3[nH]1)C2(C)C. The third kappa shape index (κ3) is 4.24. The number of likely N-dealkylation sites (tertiary alicyclic amines) is 1. The molecule has 0 radical (unpaired) electrons. The summed E-state index contributed by atoms with van der Waals surface area (Å²) in [7, 11) is 0. The lowest BCUT2D eigenvalue weighted by atomic mass is 9.93. The van der Waals surface area contributed by atoms with Gasteiger partial charge in [0, 0.05) is 41.2 Å². The molecule has 0 bridgehead atoms. The molecule has 0 spiro atoms. The maximum Gasteiger partial charge on any atom is 0.271 e. The van der Waals surface area contributed by atoms with E-state index in [1.165, 1.54) is 0 Å². The van der Waals surface area contributed by atoms with E-state index in [0.717, 1.165) is 12.8 Å². The fraction of sp³-hybridized carbons (Fsp3) is 0.556. The Kier molecular flexibility index (Phi) is 6.44. The highest BCUT2D eigenvalue weighted by Gasteiger charge is 2.69. The first kappa shape index (κ1) is 25.3. The summed E-state index contributed by atoms with van der Waals surface area (Å²) in [6.07, 6.45) is 2.72. The normalized spacial score (nSPS) is 27.2. The molecule has 7 nitrogen and oxygen atoms in total. The van der Waals surface area contributed by atoms with E-state index in [1.807, 2.05) is 0 Å². The number of nitrogens with one attached hydrogen (secondary N) is 2. The van der Waals surface area contributed by atoms with Crippen LogP contribution in [0.2, 0.25) is 10.0 Å². The van der Waals surface area contributed by atoms with E-state index in [9.17, 15) is 19.2 Å². The van der Waals surface area contributed by atoms with Crippen molar-refractivity contribution in [2.24, 2.45) is 23.2 Å². The van der Waals surface area contributed by atoms with Crippen molar-refractivity contribution in [1.29, 1.82) is 0 Å². The van der Waals surface area contributed by atoms with Crippen LogP contribution in [-0.4, -0.2) is 51.9 Å². The molecule has 2 saturated carbocycles. The number of H-pyrrole nitrogens is 1. The highest BCUT2D eigenvalue weighted by atomic mass is 35.5. The summed E-state index contributed by atoms with van der Waals surface area (Å²) in [6, 6.07) is 3.61. The molecule has 1 aromatic heterocycles. The highest BCUT2D eigenvalue weighted by Crippen LogP contribution is 2.65. The van der Waals surface area contributed by atoms with Gasteiger partial charge in [0.25, 0.3) is 5.91 Å². The number of rotatable bonds is 7. The van der Waals surface area contributed by atoms with Crippen molar-refractivity contribution in [3.63, 3.8) is 0 Å². The number of halogens is 2. The van der Waals surface area contributed by atoms with E-state index in [2.05, 4.69) is 24.1 Å². The lowest BCUT2D eigenvalue weighted by Crippen LogP contribution is -2.54. The number of piperidine rings is 1. The zero-order valence-electron chi connectivity index (χ0n) is 20.7. The van der Waals surface area contributed by atoms with Gasteiger partial charge in [0.15, 0.2) is 5.78 Å². The summed E-state index contributed by atoms with van der Waals surface area (Å²) < 4.78 is 0. The first-order valence-electron chi connectivity index (χ1n) is 12.7. The molecule has 5 atom stereocenters. The molecule has 2 heterocycles. The fourth-order valence-electron chi connectivity index (χ4n) is 6.42. The van der Waals surface area contributed by atoms with E-state index in [0.29, 0.717) is 46.0 Å². The molecule has 9 heteroatoms. The van der Waals surface area contributed by atoms with Crippen molar-refractivity contribution >= 4 is 57.5 Å². The number of fused-ring (bicyclic) bond motifs is 2. The Bertz CT molecular complexity index is 1270. The predicted octanol–water partition coefficient (Wildman–Crippen LogP) is 4.79. The number of carbonyl (C=O) groups is 4. The Labute approximate surface area is 220 Å². The van der Waals surface area contributed by atoms with Crippen LogP contribution in [0.15, 0.2) is 18.2 Å². The Morgan fingerprint density at radius 2 is 1.97 bits per heavy atom. The quantitative estimate of drug-likeness (QED) is 0.536. The van der Waals surface area contributed by atoms with Crippen molar-refractivity contribution in [3.8, 4) is 0 Å². The van der Waals surface area contributed by atoms with Crippen LogP contribution >= 0.6 is 23.2 Å². The molecule has 3 fully saturated rings. The Hall–Kier alpha value is -2.38. The molecule has 3 aliphatic rings. The number of Topliss-reactive ketones (excluding diaryl/α,β-unsaturated/α-hetero) is 2. The summed E-state index contributed by atoms with van der Waals surface area (Å²) in [5, 5.41) is 4.53. The summed E-state index contributed by atoms with van der Waals surface area (Å²) in [5.74, 6) is -0.517. The van der Waals surface area contributed by atoms with Crippen molar-refractivity contribution in [2.45, 2.75) is 65.0 Å². The molecule has 5 rings (SSSR count). The summed E-state index contributed by atoms with van der Waals surface area (Å²) in [6.45, 7) is 6.45. The van der Waals surface area contributed by atoms with Crippen LogP contribution in [0.1, 0.15) is 63.4 Å². The monoisotopic (exact) mass is 531 g/mol. The molecule has 2 N–H and O–H groups in total. The van der Waals surface area contributed by atoms with E-state index >= 15 is 0 Å². The molecule has 36 heavy (non-hydrogen) atoms. The lowest BCUT2D eigenvalue weighted by molar-refractivity contribution is -0.131. The number of hydrogen-bond acceptors (Lipinski definition) is 4. The maximum absolute atomic E-state index is 13.7. The van der Waals surface area contributed by atoms with Crippen molar-refractivity contribution < 1.29 is 19.2 Å². The van der Waals surface area contributed by atoms with Gasteiger partial charge in [0.1, 0.15) is 17.5 Å². The van der Waals surface area contributed by atoms with E-state index in [4.69, 9.17) is 23.2 Å². The Morgan fingerprint density at radius 3 is 2.64 bits per heavy atom. The van der Waals surface area contributed by atoms with Crippen LogP contribution in [-0.2, 0) is 14.4 Å². The summed E-state index contributed by atoms with van der Waals surface area (Å²) in [5.41, 5.74) is 0.919. The van der Waals surface area contributed by atoms with E-state index in [-0.39, 0.29) is 53.0 Å². The van der Waals surface area contributed by atoms with Crippen molar-refractivity contribution in [1.82, 2.24) is 15.2 Å². The number of aromatic nitrogens is 1. The number of aromatic amines is 1. The van der Waals surface area contributed by atoms with Gasteiger partial charge in [-0.05, 0) is 54.7 Å². The number of benzene rings is 1. The average molecular weight is 532 g/mol. The third-order valence-corrected chi connectivity index (χ3v) is 9.16. The van der Waals surface area contributed by atoms with Gasteiger partial charge in [-0.3, -0.25) is 19.2 Å². The highest BCUT2D eigenvalue weighted by molar-refractivity contribution is 6.38. The molecule has 1 aliphatic heterocycles. The smallest absolute Gasteiger partial charge is 0.271 e. The maximum atomic E-state index is 13.7. The number of carbonyl (C=O) groups excluding carboxylic acids is 4. The van der Waals surface area contributed by atoms with Crippen LogP contribution < -0.4 is 5.32 Å². The van der Waals surface area contributed by atoms with Crippen LogP contribution in [0.4, 0.5) is 0 Å². The zero-order chi connectivity index (χ0) is 25.9. The number of amides is 2. The second kappa shape index (κ2) is 9.18. The van der Waals surface area contributed by atoms with Gasteiger partial charge >= 0.3 is 0 Å². The van der Waals surface area contributed by atoms with Gasteiger partial charge in [-0.25, -0.2) is 0 Å². The molecule has 5 unspecified atom stereocenters. The first-order chi connectivity index (χ1) is 17.0. The molecule has 2 amide bonds. The predicted molar refractivity (Wildman–Crippen MR) is 138 cm³/mol. The van der Waals surface area contributed by atoms with Crippen LogP contribution in [0.5, 0.6) is 0 Å². The topological polar surface area (TPSA) is 99.3 Å². The molecular weight excluding hydrogens is 501 g/mol. The Balaban J connectivity index is 1.40. The third-order valence-electron chi connectivity index (χ3n) is 8.63. The van der Waals surface area contributed by atoms with Gasteiger partial charge in [-0.15, -0.1) is 0 Å². The molecule has 2 aliphatic carbocycles. The average Bonchev–Trinajstić information content (AvgIpc) is 3.33. The standard InChI is InChI=1S/C27H31Cl2N3O4/c1-4-21(33)19(8-13-6-5-7-22(13)34)31-25(35)24-23-16(27(23,2)3)12-32(24)26(36)20-11-15-17(29)9-14(28)10-18(15)30-20/h9-11,13,16,19,23-24,30H,4-8,12H2,1-3H3,(H,31,35). The second-order valence-electron chi connectivity index (χ2n) is 11.1. The Morgan fingerprint density at radius 1 is 1.22 bits per heavy atom. The number of nitrogens with zero attached hydrogens (tertiary/aromatic N) is 1. The molecule has 1 aromatic carbocycles. The van der Waals surface area contributed by atoms with Gasteiger partial charge in [-0.2, -0.15) is 0 Å². The van der Waals surface area contributed by atoms with Gasteiger partial charge < -0.3 is 15.2 Å². The number of hydrogen-bond donors (Lipinski definition) is 2. The molecule has 192 valence electrons. The van der Waals surface area contributed by atoms with Crippen LogP contribution in [0.25, 0.3) is 10.9 Å². The van der Waals surface area contributed by atoms with Gasteiger partial charge in [0.2, 0.25) is 5.91 Å². The van der Waals surface area contributed by atoms with Crippen molar-refractivity contribution in [2.75, 3.05) is 6.54 Å². The van der Waals surface area contributed by atoms with Crippen molar-refractivity contribution in [3.05, 3.63) is 33.9 Å². The summed E-state index contributed by atoms with van der Waals surface area (Å²) >= 11 is 12.4. The number of ketones is 2. The van der Waals surface area contributed by atoms with E-state index in [1.54, 1.807) is 30.0 Å². The lowest BCUT2D eigenvalue weighted by Gasteiger charge is -2.31. The summed E-state index contributed by atoms with van der Waals surface area (Å²) in [4.78, 5) is 57.0. The molecule has 2 aromatic rings. The first-order valence-corrected chi connectivity index (χ1v) is 13.4. The van der Waals surface area contributed by atoms with Gasteiger partial charge in [-0.1, -0.05) is 44.0 Å². The second-order valence-corrected chi connectivity index (χ2v) is 11.9. The molecule has 1 saturated heterocycles. The largest absolute Gasteiger partial charge is 0.350 e. The van der Waals surface area contributed by atoms with Crippen LogP contribution in [0.3, 0.4) is 0 Å². The molecular formula is C27H31Cl2N3O4. The minimum Gasteiger partial charge on any atom is -0.350 e. The zero-order valence-corrected chi connectivity index (χ0v) is 22.2. The van der Waals surface area contributed by atoms with Crippen LogP contribution in [0, 0.1) is 23.2 Å². The minimum absolute atomic E-state index is 0.00866.